The third kappa shape index (κ3) is 5.05. The van der Waals surface area contributed by atoms with Gasteiger partial charge in [-0.05, 0) is 51.3 Å². The first-order valence-electron chi connectivity index (χ1n) is 9.87. The largest absolute Gasteiger partial charge is 0.343 e. The van der Waals surface area contributed by atoms with E-state index >= 15 is 0 Å². The van der Waals surface area contributed by atoms with Crippen LogP contribution in [0.15, 0.2) is 30.3 Å². The van der Waals surface area contributed by atoms with E-state index in [0.29, 0.717) is 12.1 Å². The number of amides is 1. The Morgan fingerprint density at radius 3 is 2.52 bits per heavy atom. The molecule has 1 amide bonds. The molecule has 2 fully saturated rings. The molecule has 2 saturated heterocycles. The summed E-state index contributed by atoms with van der Waals surface area (Å²) in [5, 5.41) is 0. The number of hydrogen-bond donors (Lipinski definition) is 0. The second-order valence-electron chi connectivity index (χ2n) is 7.74. The number of rotatable bonds is 5. The smallest absolute Gasteiger partial charge is 0.219 e. The van der Waals surface area contributed by atoms with Crippen LogP contribution in [0.3, 0.4) is 0 Å². The maximum atomic E-state index is 11.5. The van der Waals surface area contributed by atoms with Gasteiger partial charge in [0.15, 0.2) is 0 Å². The molecule has 0 N–H and O–H groups in total. The first-order chi connectivity index (χ1) is 12.1. The zero-order chi connectivity index (χ0) is 17.6. The predicted octanol–water partition coefficient (Wildman–Crippen LogP) is 2.64. The van der Waals surface area contributed by atoms with Crippen LogP contribution in [0, 0.1) is 0 Å². The summed E-state index contributed by atoms with van der Waals surface area (Å²) in [6.07, 6.45) is 6.02. The van der Waals surface area contributed by atoms with Crippen LogP contribution < -0.4 is 0 Å². The van der Waals surface area contributed by atoms with E-state index < -0.39 is 0 Å². The van der Waals surface area contributed by atoms with Crippen molar-refractivity contribution in [1.29, 1.82) is 0 Å². The third-order valence-corrected chi connectivity index (χ3v) is 6.07. The van der Waals surface area contributed by atoms with Gasteiger partial charge in [-0.2, -0.15) is 0 Å². The molecule has 1 unspecified atom stereocenters. The van der Waals surface area contributed by atoms with Crippen molar-refractivity contribution in [3.63, 3.8) is 0 Å². The molecule has 2 heterocycles. The van der Waals surface area contributed by atoms with Gasteiger partial charge in [0.05, 0.1) is 0 Å². The first kappa shape index (κ1) is 18.4. The average Bonchev–Trinajstić information content (AvgIpc) is 2.67. The van der Waals surface area contributed by atoms with Gasteiger partial charge in [-0.25, -0.2) is 0 Å². The lowest BCUT2D eigenvalue weighted by Gasteiger charge is -2.44. The number of nitrogens with zero attached hydrogens (tertiary/aromatic N) is 3. The van der Waals surface area contributed by atoms with Gasteiger partial charge < -0.3 is 9.80 Å². The van der Waals surface area contributed by atoms with Crippen molar-refractivity contribution in [3.8, 4) is 0 Å². The van der Waals surface area contributed by atoms with Crippen molar-refractivity contribution in [1.82, 2.24) is 14.7 Å². The van der Waals surface area contributed by atoms with Crippen LogP contribution >= 0.6 is 0 Å². The normalized spacial score (nSPS) is 23.2. The molecule has 138 valence electrons. The Kier molecular flexibility index (Phi) is 6.49. The number of piperidine rings is 2. The standard InChI is InChI=1S/C21H33N3O/c1-18(25)23-15-11-20(12-16-23)24-13-6-9-21(17-24)22(2)14-10-19-7-4-3-5-8-19/h3-5,7-8,20-21H,6,9-17H2,1-2H3. The van der Waals surface area contributed by atoms with E-state index in [4.69, 9.17) is 0 Å². The van der Waals surface area contributed by atoms with E-state index in [1.165, 1.54) is 31.5 Å². The second-order valence-corrected chi connectivity index (χ2v) is 7.74. The Hall–Kier alpha value is -1.39. The van der Waals surface area contributed by atoms with Crippen molar-refractivity contribution >= 4 is 5.91 Å². The van der Waals surface area contributed by atoms with E-state index in [-0.39, 0.29) is 5.91 Å². The molecule has 0 radical (unpaired) electrons. The third-order valence-electron chi connectivity index (χ3n) is 6.07. The lowest BCUT2D eigenvalue weighted by Crippen LogP contribution is -2.53. The fraction of sp³-hybridized carbons (Fsp3) is 0.667. The zero-order valence-electron chi connectivity index (χ0n) is 15.9. The van der Waals surface area contributed by atoms with Gasteiger partial charge in [0.1, 0.15) is 0 Å². The Balaban J connectivity index is 1.46. The monoisotopic (exact) mass is 343 g/mol. The number of carbonyl (C=O) groups excluding carboxylic acids is 1. The van der Waals surface area contributed by atoms with Crippen LogP contribution in [-0.4, -0.2) is 72.5 Å². The van der Waals surface area contributed by atoms with Gasteiger partial charge in [-0.15, -0.1) is 0 Å². The highest BCUT2D eigenvalue weighted by Crippen LogP contribution is 2.23. The summed E-state index contributed by atoms with van der Waals surface area (Å²) in [4.78, 5) is 18.8. The lowest BCUT2D eigenvalue weighted by atomic mass is 9.97. The van der Waals surface area contributed by atoms with Crippen LogP contribution in [0.2, 0.25) is 0 Å². The molecule has 2 aliphatic rings. The Morgan fingerprint density at radius 2 is 1.84 bits per heavy atom. The van der Waals surface area contributed by atoms with Crippen LogP contribution in [0.25, 0.3) is 0 Å². The molecule has 0 aliphatic carbocycles. The summed E-state index contributed by atoms with van der Waals surface area (Å²) < 4.78 is 0. The van der Waals surface area contributed by atoms with Gasteiger partial charge in [-0.1, -0.05) is 30.3 Å². The number of likely N-dealkylation sites (tertiary alicyclic amines) is 2. The molecule has 4 nitrogen and oxygen atoms in total. The van der Waals surface area contributed by atoms with Crippen LogP contribution in [0.4, 0.5) is 0 Å². The molecule has 4 heteroatoms. The fourth-order valence-electron chi connectivity index (χ4n) is 4.35. The second kappa shape index (κ2) is 8.81. The summed E-state index contributed by atoms with van der Waals surface area (Å²) in [7, 11) is 2.29. The summed E-state index contributed by atoms with van der Waals surface area (Å²) in [5.41, 5.74) is 1.43. The van der Waals surface area contributed by atoms with E-state index in [9.17, 15) is 4.79 Å². The minimum atomic E-state index is 0.232. The van der Waals surface area contributed by atoms with Gasteiger partial charge in [-0.3, -0.25) is 9.69 Å². The first-order valence-corrected chi connectivity index (χ1v) is 9.87. The number of hydrogen-bond acceptors (Lipinski definition) is 3. The van der Waals surface area contributed by atoms with E-state index in [2.05, 4.69) is 47.2 Å². The quantitative estimate of drug-likeness (QED) is 0.822. The highest BCUT2D eigenvalue weighted by molar-refractivity contribution is 5.73. The predicted molar refractivity (Wildman–Crippen MR) is 103 cm³/mol. The maximum absolute atomic E-state index is 11.5. The minimum Gasteiger partial charge on any atom is -0.343 e. The van der Waals surface area contributed by atoms with Crippen LogP contribution in [-0.2, 0) is 11.2 Å². The van der Waals surface area contributed by atoms with Crippen molar-refractivity contribution in [2.75, 3.05) is 39.8 Å². The van der Waals surface area contributed by atoms with Gasteiger partial charge in [0, 0.05) is 45.2 Å². The van der Waals surface area contributed by atoms with Crippen LogP contribution in [0.5, 0.6) is 0 Å². The summed E-state index contributed by atoms with van der Waals surface area (Å²) in [6.45, 7) is 7.12. The summed E-state index contributed by atoms with van der Waals surface area (Å²) in [5.74, 6) is 0.232. The van der Waals surface area contributed by atoms with Gasteiger partial charge in [0.25, 0.3) is 0 Å². The lowest BCUT2D eigenvalue weighted by molar-refractivity contribution is -0.130. The SMILES string of the molecule is CC(=O)N1CCC(N2CCCC(N(C)CCc3ccccc3)C2)CC1. The molecule has 0 aromatic heterocycles. The molecule has 0 saturated carbocycles. The van der Waals surface area contributed by atoms with E-state index in [1.54, 1.807) is 6.92 Å². The van der Waals surface area contributed by atoms with E-state index in [0.717, 1.165) is 38.9 Å². The molecular formula is C21H33N3O. The Labute approximate surface area is 152 Å². The van der Waals surface area contributed by atoms with Crippen LogP contribution in [0.1, 0.15) is 38.2 Å². The fourth-order valence-corrected chi connectivity index (χ4v) is 4.35. The molecule has 1 atom stereocenters. The maximum Gasteiger partial charge on any atom is 0.219 e. The Morgan fingerprint density at radius 1 is 1.12 bits per heavy atom. The average molecular weight is 344 g/mol. The number of likely N-dealkylation sites (N-methyl/N-ethyl adjacent to an activating group) is 1. The highest BCUT2D eigenvalue weighted by atomic mass is 16.2. The van der Waals surface area contributed by atoms with Crippen molar-refractivity contribution in [3.05, 3.63) is 35.9 Å². The summed E-state index contributed by atoms with van der Waals surface area (Å²) in [6, 6.07) is 12.1. The Bertz CT molecular complexity index is 539. The molecule has 2 aliphatic heterocycles. The molecule has 0 bridgehead atoms. The number of benzene rings is 1. The summed E-state index contributed by atoms with van der Waals surface area (Å²) >= 11 is 0. The van der Waals surface area contributed by atoms with Crippen molar-refractivity contribution < 1.29 is 4.79 Å². The molecule has 3 rings (SSSR count). The van der Waals surface area contributed by atoms with E-state index in [1.807, 2.05) is 4.90 Å². The molecular weight excluding hydrogens is 310 g/mol. The highest BCUT2D eigenvalue weighted by Gasteiger charge is 2.30. The van der Waals surface area contributed by atoms with Crippen molar-refractivity contribution in [2.45, 2.75) is 51.1 Å². The molecule has 1 aromatic carbocycles. The zero-order valence-corrected chi connectivity index (χ0v) is 15.9. The molecule has 25 heavy (non-hydrogen) atoms. The molecule has 1 aromatic rings. The topological polar surface area (TPSA) is 26.8 Å². The van der Waals surface area contributed by atoms with Gasteiger partial charge >= 0.3 is 0 Å². The molecule has 0 spiro atoms. The number of carbonyl (C=O) groups is 1. The van der Waals surface area contributed by atoms with Gasteiger partial charge in [0.2, 0.25) is 5.91 Å². The van der Waals surface area contributed by atoms with Crippen molar-refractivity contribution in [2.24, 2.45) is 0 Å². The minimum absolute atomic E-state index is 0.232.